The molecule has 2 aromatic rings. The van der Waals surface area contributed by atoms with Crippen molar-refractivity contribution < 1.29 is 9.84 Å². The number of ether oxygens (including phenoxy) is 1. The van der Waals surface area contributed by atoms with Gasteiger partial charge >= 0.3 is 0 Å². The van der Waals surface area contributed by atoms with Crippen LogP contribution in [0.15, 0.2) is 42.3 Å². The van der Waals surface area contributed by atoms with Gasteiger partial charge in [0.2, 0.25) is 0 Å². The van der Waals surface area contributed by atoms with Crippen LogP contribution >= 0.6 is 0 Å². The minimum atomic E-state index is -0.0673. The molecule has 0 bridgehead atoms. The molecule has 1 N–H and O–H groups in total. The highest BCUT2D eigenvalue weighted by atomic mass is 16.6. The maximum Gasteiger partial charge on any atom is 0.282 e. The number of aliphatic hydroxyl groups excluding tert-OH is 1. The Kier molecular flexibility index (Phi) is 2.30. The zero-order chi connectivity index (χ0) is 13.5. The van der Waals surface area contributed by atoms with Crippen LogP contribution in [0.4, 0.5) is 0 Å². The third kappa shape index (κ3) is 1.66. The second-order valence-electron chi connectivity index (χ2n) is 4.90. The molecule has 2 aromatic carbocycles. The molecule has 2 nitrogen and oxygen atoms in total. The second-order valence-corrected chi connectivity index (χ2v) is 4.90. The Morgan fingerprint density at radius 2 is 1.50 bits per heavy atom. The average molecular weight is 260 g/mol. The lowest BCUT2D eigenvalue weighted by molar-refractivity contribution is 0.197. The van der Waals surface area contributed by atoms with Gasteiger partial charge in [0.15, 0.2) is 0 Å². The number of rotatable bonds is 0. The fourth-order valence-corrected chi connectivity index (χ4v) is 2.66. The molecular formula is C18H12O2. The van der Waals surface area contributed by atoms with E-state index in [4.69, 9.17) is 4.74 Å². The Balaban J connectivity index is 2.13. The maximum atomic E-state index is 9.44. The normalized spacial score (nSPS) is 14.5. The van der Waals surface area contributed by atoms with E-state index in [0.29, 0.717) is 0 Å². The molecule has 96 valence electrons. The first-order valence-electron chi connectivity index (χ1n) is 6.51. The van der Waals surface area contributed by atoms with Crippen molar-refractivity contribution in [2.45, 2.75) is 0 Å². The molecule has 2 heteroatoms. The zero-order valence-corrected chi connectivity index (χ0v) is 10.7. The molecule has 0 fully saturated rings. The molecular weight excluding hydrogens is 248 g/mol. The predicted octanol–water partition coefficient (Wildman–Crippen LogP) is 0.715. The summed E-state index contributed by atoms with van der Waals surface area (Å²) >= 11 is 0. The molecule has 1 aliphatic carbocycles. The van der Waals surface area contributed by atoms with E-state index < -0.39 is 0 Å². The van der Waals surface area contributed by atoms with Gasteiger partial charge in [-0.15, -0.1) is 0 Å². The largest absolute Gasteiger partial charge is 0.481 e. The van der Waals surface area contributed by atoms with Gasteiger partial charge in [-0.05, 0) is 32.9 Å². The fourth-order valence-electron chi connectivity index (χ4n) is 2.66. The van der Waals surface area contributed by atoms with E-state index in [1.807, 2.05) is 18.2 Å². The highest BCUT2D eigenvalue weighted by Crippen LogP contribution is 2.07. The summed E-state index contributed by atoms with van der Waals surface area (Å²) in [5.41, 5.74) is 2.12. The summed E-state index contributed by atoms with van der Waals surface area (Å²) in [4.78, 5) is 0. The number of benzene rings is 2. The molecule has 0 aromatic heterocycles. The quantitative estimate of drug-likeness (QED) is 0.756. The number of hydrogen-bond acceptors (Lipinski definition) is 2. The van der Waals surface area contributed by atoms with Crippen LogP contribution in [0.3, 0.4) is 0 Å². The van der Waals surface area contributed by atoms with Crippen molar-refractivity contribution in [2.24, 2.45) is 0 Å². The van der Waals surface area contributed by atoms with Crippen LogP contribution in [-0.4, -0.2) is 5.11 Å². The molecule has 1 heterocycles. The third-order valence-electron chi connectivity index (χ3n) is 3.67. The van der Waals surface area contributed by atoms with Gasteiger partial charge in [-0.2, -0.15) is 0 Å². The van der Waals surface area contributed by atoms with Gasteiger partial charge in [-0.1, -0.05) is 48.6 Å². The predicted molar refractivity (Wildman–Crippen MR) is 80.0 cm³/mol. The van der Waals surface area contributed by atoms with Crippen molar-refractivity contribution in [3.8, 4) is 0 Å². The Morgan fingerprint density at radius 1 is 0.750 bits per heavy atom. The first-order chi connectivity index (χ1) is 9.81. The van der Waals surface area contributed by atoms with Gasteiger partial charge in [-0.25, -0.2) is 0 Å². The van der Waals surface area contributed by atoms with E-state index in [9.17, 15) is 5.11 Å². The summed E-state index contributed by atoms with van der Waals surface area (Å²) in [5, 5.41) is 14.0. The molecule has 0 saturated carbocycles. The standard InChI is InChI=1S/C18H12O2/c19-18-10-15-6-5-14-9-13-4-2-1-3-12(13)7-8-16(14)17(15)11-20-18/h1-11,19H. The Bertz CT molecular complexity index is 979. The minimum Gasteiger partial charge on any atom is -0.481 e. The van der Waals surface area contributed by atoms with Crippen molar-refractivity contribution in [3.63, 3.8) is 0 Å². The summed E-state index contributed by atoms with van der Waals surface area (Å²) in [5.74, 6) is -0.0673. The second kappa shape index (κ2) is 4.14. The summed E-state index contributed by atoms with van der Waals surface area (Å²) < 4.78 is 5.13. The molecule has 0 amide bonds. The van der Waals surface area contributed by atoms with Gasteiger partial charge in [0.25, 0.3) is 5.95 Å². The zero-order valence-electron chi connectivity index (χ0n) is 10.7. The smallest absolute Gasteiger partial charge is 0.282 e. The van der Waals surface area contributed by atoms with Gasteiger partial charge in [-0.3, -0.25) is 0 Å². The molecule has 0 radical (unpaired) electrons. The topological polar surface area (TPSA) is 29.5 Å². The van der Waals surface area contributed by atoms with E-state index in [-0.39, 0.29) is 5.95 Å². The first kappa shape index (κ1) is 11.1. The van der Waals surface area contributed by atoms with Crippen molar-refractivity contribution in [1.82, 2.24) is 0 Å². The molecule has 20 heavy (non-hydrogen) atoms. The van der Waals surface area contributed by atoms with E-state index in [0.717, 1.165) is 21.6 Å². The molecule has 0 saturated heterocycles. The van der Waals surface area contributed by atoms with E-state index >= 15 is 0 Å². The van der Waals surface area contributed by atoms with Gasteiger partial charge in [0.1, 0.15) is 6.26 Å². The number of hydrogen-bond donors (Lipinski definition) is 1. The highest BCUT2D eigenvalue weighted by Gasteiger charge is 2.07. The summed E-state index contributed by atoms with van der Waals surface area (Å²) in [6.07, 6.45) is 9.65. The van der Waals surface area contributed by atoms with Crippen LogP contribution in [0.5, 0.6) is 0 Å². The van der Waals surface area contributed by atoms with Crippen LogP contribution in [0, 0.1) is 0 Å². The van der Waals surface area contributed by atoms with Crippen molar-refractivity contribution >= 4 is 30.6 Å². The first-order valence-corrected chi connectivity index (χ1v) is 6.51. The SMILES string of the molecule is OC1=Cc2ccc3c(c2=CO1)=CC=c1ccccc1=C3. The highest BCUT2D eigenvalue weighted by molar-refractivity contribution is 5.70. The van der Waals surface area contributed by atoms with Gasteiger partial charge in [0.05, 0.1) is 0 Å². The molecule has 2 aliphatic rings. The van der Waals surface area contributed by atoms with Crippen LogP contribution in [0.1, 0.15) is 11.1 Å². The monoisotopic (exact) mass is 260 g/mol. The average Bonchev–Trinajstić information content (AvgIpc) is 2.66. The molecule has 4 rings (SSSR count). The Hall–Kier alpha value is -2.74. The Labute approximate surface area is 115 Å². The van der Waals surface area contributed by atoms with Crippen LogP contribution in [0.2, 0.25) is 0 Å². The number of aliphatic hydroxyl groups is 1. The van der Waals surface area contributed by atoms with Crippen LogP contribution in [0.25, 0.3) is 30.6 Å². The van der Waals surface area contributed by atoms with Gasteiger partial charge in [0, 0.05) is 11.3 Å². The number of fused-ring (bicyclic) bond motifs is 4. The van der Waals surface area contributed by atoms with E-state index in [1.54, 1.807) is 12.3 Å². The lowest BCUT2D eigenvalue weighted by Crippen LogP contribution is -2.31. The maximum absolute atomic E-state index is 9.44. The molecule has 0 atom stereocenters. The third-order valence-corrected chi connectivity index (χ3v) is 3.67. The van der Waals surface area contributed by atoms with Gasteiger partial charge < -0.3 is 9.84 Å². The molecule has 0 unspecified atom stereocenters. The summed E-state index contributed by atoms with van der Waals surface area (Å²) in [6, 6.07) is 12.4. The minimum absolute atomic E-state index is 0.0673. The Morgan fingerprint density at radius 3 is 2.35 bits per heavy atom. The van der Waals surface area contributed by atoms with Crippen molar-refractivity contribution in [2.75, 3.05) is 0 Å². The van der Waals surface area contributed by atoms with Crippen LogP contribution in [-0.2, 0) is 4.74 Å². The summed E-state index contributed by atoms with van der Waals surface area (Å²) in [6.45, 7) is 0. The van der Waals surface area contributed by atoms with Crippen molar-refractivity contribution in [3.05, 3.63) is 74.3 Å². The van der Waals surface area contributed by atoms with E-state index in [2.05, 4.69) is 36.4 Å². The van der Waals surface area contributed by atoms with Crippen molar-refractivity contribution in [1.29, 1.82) is 0 Å². The molecule has 1 aliphatic heterocycles. The van der Waals surface area contributed by atoms with E-state index in [1.165, 1.54) is 10.4 Å². The van der Waals surface area contributed by atoms with Crippen LogP contribution < -0.4 is 20.9 Å². The lowest BCUT2D eigenvalue weighted by atomic mass is 10.0. The summed E-state index contributed by atoms with van der Waals surface area (Å²) in [7, 11) is 0. The molecule has 0 spiro atoms. The fraction of sp³-hybridized carbons (Fsp3) is 0. The lowest BCUT2D eigenvalue weighted by Gasteiger charge is -2.08.